The molecule has 8 heteroatoms. The van der Waals surface area contributed by atoms with Crippen LogP contribution in [0.25, 0.3) is 0 Å². The number of halogens is 1. The molecule has 0 aliphatic carbocycles. The molecule has 0 spiro atoms. The number of amides is 1. The van der Waals surface area contributed by atoms with Crippen LogP contribution < -0.4 is 10.0 Å². The zero-order valence-electron chi connectivity index (χ0n) is 10.5. The molecular weight excluding hydrogens is 308 g/mol. The number of anilines is 1. The number of nitrogens with one attached hydrogen (secondary N) is 2. The largest absolute Gasteiger partial charge is 0.325 e. The molecule has 1 aromatic carbocycles. The van der Waals surface area contributed by atoms with E-state index in [2.05, 4.69) is 22.7 Å². The minimum absolute atomic E-state index is 0.00888. The lowest BCUT2D eigenvalue weighted by molar-refractivity contribution is -0.113. The van der Waals surface area contributed by atoms with E-state index in [4.69, 9.17) is 11.6 Å². The van der Waals surface area contributed by atoms with Gasteiger partial charge in [0.05, 0.1) is 10.8 Å². The summed E-state index contributed by atoms with van der Waals surface area (Å²) in [6.07, 6.45) is 0. The molecule has 0 aliphatic rings. The van der Waals surface area contributed by atoms with Crippen molar-refractivity contribution in [2.45, 2.75) is 24.8 Å². The molecule has 1 rings (SSSR count). The maximum absolute atomic E-state index is 12.0. The van der Waals surface area contributed by atoms with E-state index in [0.717, 1.165) is 0 Å². The van der Waals surface area contributed by atoms with Gasteiger partial charge in [-0.2, -0.15) is 12.6 Å². The van der Waals surface area contributed by atoms with Crippen molar-refractivity contribution in [3.05, 3.63) is 23.2 Å². The monoisotopic (exact) mass is 322 g/mol. The molecule has 0 heterocycles. The van der Waals surface area contributed by atoms with Crippen molar-refractivity contribution in [2.75, 3.05) is 11.1 Å². The molecule has 2 N–H and O–H groups in total. The predicted molar refractivity (Wildman–Crippen MR) is 79.4 cm³/mol. The maximum Gasteiger partial charge on any atom is 0.242 e. The normalized spacial score (nSPS) is 11.6. The van der Waals surface area contributed by atoms with Crippen LogP contribution in [0.2, 0.25) is 5.02 Å². The van der Waals surface area contributed by atoms with E-state index < -0.39 is 10.0 Å². The summed E-state index contributed by atoms with van der Waals surface area (Å²) < 4.78 is 26.5. The Balaban J connectivity index is 3.14. The number of sulfonamides is 1. The van der Waals surface area contributed by atoms with E-state index in [0.29, 0.717) is 5.69 Å². The van der Waals surface area contributed by atoms with Crippen molar-refractivity contribution in [2.24, 2.45) is 0 Å². The summed E-state index contributed by atoms with van der Waals surface area (Å²) in [7, 11) is -3.71. The number of carbonyl (C=O) groups excluding carboxylic acids is 1. The summed E-state index contributed by atoms with van der Waals surface area (Å²) in [6.45, 7) is 3.41. The summed E-state index contributed by atoms with van der Waals surface area (Å²) in [6, 6.07) is 4.01. The first-order valence-corrected chi connectivity index (χ1v) is 7.98. The first-order valence-electron chi connectivity index (χ1n) is 5.49. The van der Waals surface area contributed by atoms with Crippen molar-refractivity contribution >= 4 is 45.8 Å². The molecule has 106 valence electrons. The molecule has 0 saturated heterocycles. The number of benzene rings is 1. The number of thiol groups is 1. The minimum atomic E-state index is -3.71. The Morgan fingerprint density at radius 1 is 1.42 bits per heavy atom. The second kappa shape index (κ2) is 6.60. The Kier molecular flexibility index (Phi) is 5.66. The third kappa shape index (κ3) is 4.68. The van der Waals surface area contributed by atoms with Gasteiger partial charge in [0, 0.05) is 11.7 Å². The standard InChI is InChI=1S/C11H15ClN2O3S2/c1-7(2)14-19(16,17)10-5-8(3-4-9(10)12)13-11(15)6-18/h3-5,7,14,18H,6H2,1-2H3,(H,13,15). The van der Waals surface area contributed by atoms with Gasteiger partial charge in [-0.3, -0.25) is 4.79 Å². The third-order valence-corrected chi connectivity index (χ3v) is 4.47. The van der Waals surface area contributed by atoms with E-state index in [1.54, 1.807) is 13.8 Å². The van der Waals surface area contributed by atoms with Crippen LogP contribution in [0.3, 0.4) is 0 Å². The van der Waals surface area contributed by atoms with E-state index >= 15 is 0 Å². The summed E-state index contributed by atoms with van der Waals surface area (Å²) in [4.78, 5) is 11.1. The lowest BCUT2D eigenvalue weighted by atomic mass is 10.3. The minimum Gasteiger partial charge on any atom is -0.325 e. The molecule has 0 saturated carbocycles. The Morgan fingerprint density at radius 3 is 2.58 bits per heavy atom. The molecule has 0 bridgehead atoms. The fourth-order valence-corrected chi connectivity index (χ4v) is 3.22. The van der Waals surface area contributed by atoms with Gasteiger partial charge >= 0.3 is 0 Å². The SMILES string of the molecule is CC(C)NS(=O)(=O)c1cc(NC(=O)CS)ccc1Cl. The number of hydrogen-bond donors (Lipinski definition) is 3. The summed E-state index contributed by atoms with van der Waals surface area (Å²) >= 11 is 9.71. The van der Waals surface area contributed by atoms with Crippen molar-refractivity contribution in [1.29, 1.82) is 0 Å². The van der Waals surface area contributed by atoms with E-state index in [9.17, 15) is 13.2 Å². The van der Waals surface area contributed by atoms with Gasteiger partial charge in [0.25, 0.3) is 0 Å². The zero-order chi connectivity index (χ0) is 14.6. The van der Waals surface area contributed by atoms with Crippen LogP contribution in [0.5, 0.6) is 0 Å². The van der Waals surface area contributed by atoms with Gasteiger partial charge in [0.15, 0.2) is 0 Å². The lowest BCUT2D eigenvalue weighted by Crippen LogP contribution is -2.30. The Morgan fingerprint density at radius 2 is 2.05 bits per heavy atom. The van der Waals surface area contributed by atoms with Crippen LogP contribution in [0.4, 0.5) is 5.69 Å². The number of hydrogen-bond acceptors (Lipinski definition) is 4. The summed E-state index contributed by atoms with van der Waals surface area (Å²) in [5, 5.41) is 2.61. The van der Waals surface area contributed by atoms with Crippen LogP contribution in [-0.2, 0) is 14.8 Å². The topological polar surface area (TPSA) is 75.3 Å². The van der Waals surface area contributed by atoms with Crippen molar-refractivity contribution in [3.8, 4) is 0 Å². The van der Waals surface area contributed by atoms with E-state index in [-0.39, 0.29) is 27.6 Å². The van der Waals surface area contributed by atoms with Gasteiger partial charge < -0.3 is 5.32 Å². The predicted octanol–water partition coefficient (Wildman–Crippen LogP) is 1.89. The highest BCUT2D eigenvalue weighted by atomic mass is 35.5. The summed E-state index contributed by atoms with van der Waals surface area (Å²) in [5.74, 6) is -0.319. The third-order valence-electron chi connectivity index (χ3n) is 2.04. The Labute approximate surface area is 123 Å². The molecule has 0 aliphatic heterocycles. The quantitative estimate of drug-likeness (QED) is 0.725. The molecule has 1 aromatic rings. The van der Waals surface area contributed by atoms with E-state index in [1.807, 2.05) is 0 Å². The maximum atomic E-state index is 12.0. The average Bonchev–Trinajstić information content (AvgIpc) is 2.29. The average molecular weight is 323 g/mol. The molecule has 0 radical (unpaired) electrons. The molecule has 0 fully saturated rings. The second-order valence-electron chi connectivity index (χ2n) is 4.13. The fourth-order valence-electron chi connectivity index (χ4n) is 1.36. The summed E-state index contributed by atoms with van der Waals surface area (Å²) in [5.41, 5.74) is 0.354. The van der Waals surface area contributed by atoms with Crippen molar-refractivity contribution < 1.29 is 13.2 Å². The van der Waals surface area contributed by atoms with Gasteiger partial charge in [-0.1, -0.05) is 11.6 Å². The van der Waals surface area contributed by atoms with Crippen LogP contribution in [0.15, 0.2) is 23.1 Å². The van der Waals surface area contributed by atoms with E-state index in [1.165, 1.54) is 18.2 Å². The Hall–Kier alpha value is -0.760. The highest BCUT2D eigenvalue weighted by Gasteiger charge is 2.19. The molecular formula is C11H15ClN2O3S2. The highest BCUT2D eigenvalue weighted by molar-refractivity contribution is 7.89. The molecule has 0 unspecified atom stereocenters. The van der Waals surface area contributed by atoms with Gasteiger partial charge in [-0.05, 0) is 32.0 Å². The van der Waals surface area contributed by atoms with Crippen LogP contribution in [-0.4, -0.2) is 26.1 Å². The molecule has 0 atom stereocenters. The van der Waals surface area contributed by atoms with Crippen molar-refractivity contribution in [1.82, 2.24) is 4.72 Å². The fraction of sp³-hybridized carbons (Fsp3) is 0.364. The molecule has 1 amide bonds. The van der Waals surface area contributed by atoms with Crippen LogP contribution in [0.1, 0.15) is 13.8 Å². The smallest absolute Gasteiger partial charge is 0.242 e. The first kappa shape index (κ1) is 16.3. The van der Waals surface area contributed by atoms with Gasteiger partial charge in [0.2, 0.25) is 15.9 Å². The number of rotatable bonds is 5. The van der Waals surface area contributed by atoms with Crippen LogP contribution in [0, 0.1) is 0 Å². The second-order valence-corrected chi connectivity index (χ2v) is 6.53. The molecule has 0 aromatic heterocycles. The molecule has 19 heavy (non-hydrogen) atoms. The molecule has 5 nitrogen and oxygen atoms in total. The van der Waals surface area contributed by atoms with Gasteiger partial charge in [-0.15, -0.1) is 0 Å². The Bertz CT molecular complexity index is 573. The van der Waals surface area contributed by atoms with Gasteiger partial charge in [0.1, 0.15) is 4.90 Å². The van der Waals surface area contributed by atoms with Gasteiger partial charge in [-0.25, -0.2) is 13.1 Å². The highest BCUT2D eigenvalue weighted by Crippen LogP contribution is 2.25. The lowest BCUT2D eigenvalue weighted by Gasteiger charge is -2.12. The van der Waals surface area contributed by atoms with Crippen LogP contribution >= 0.6 is 24.2 Å². The first-order chi connectivity index (χ1) is 8.76. The van der Waals surface area contributed by atoms with Crippen molar-refractivity contribution in [3.63, 3.8) is 0 Å². The zero-order valence-corrected chi connectivity index (χ0v) is 12.9. The number of carbonyl (C=O) groups is 1.